The zero-order chi connectivity index (χ0) is 15.6. The molecule has 0 saturated carbocycles. The summed E-state index contributed by atoms with van der Waals surface area (Å²) in [6.45, 7) is 10.1. The molecule has 0 radical (unpaired) electrons. The first-order chi connectivity index (χ1) is 10.8. The van der Waals surface area contributed by atoms with Gasteiger partial charge in [0.15, 0.2) is 0 Å². The summed E-state index contributed by atoms with van der Waals surface area (Å²) in [4.78, 5) is 9.43. The molecule has 3 heteroatoms. The van der Waals surface area contributed by atoms with Gasteiger partial charge in [-0.2, -0.15) is 0 Å². The van der Waals surface area contributed by atoms with Crippen LogP contribution < -0.4 is 0 Å². The third-order valence-electron chi connectivity index (χ3n) is 4.24. The van der Waals surface area contributed by atoms with E-state index in [1.165, 1.54) is 30.7 Å². The smallest absolute Gasteiger partial charge is 0.0561 e. The molecule has 0 saturated heterocycles. The van der Waals surface area contributed by atoms with Crippen LogP contribution in [0, 0.1) is 0 Å². The van der Waals surface area contributed by atoms with Gasteiger partial charge in [-0.3, -0.25) is 4.99 Å². The molecule has 0 unspecified atom stereocenters. The highest BCUT2D eigenvalue weighted by atomic mass is 15.1. The average molecular weight is 299 g/mol. The molecule has 0 aromatic heterocycles. The molecule has 0 atom stereocenters. The second kappa shape index (κ2) is 9.42. The molecule has 1 aromatic carbocycles. The van der Waals surface area contributed by atoms with Crippen LogP contribution in [0.25, 0.3) is 0 Å². The molecule has 1 heterocycles. The van der Waals surface area contributed by atoms with Crippen molar-refractivity contribution in [1.29, 1.82) is 0 Å². The third-order valence-corrected chi connectivity index (χ3v) is 4.24. The highest BCUT2D eigenvalue weighted by Gasteiger charge is 2.09. The predicted octanol–water partition coefficient (Wildman–Crippen LogP) is 3.58. The molecule has 2 rings (SSSR count). The molecular formula is C19H29N3. The van der Waals surface area contributed by atoms with Gasteiger partial charge in [0.05, 0.1) is 6.54 Å². The van der Waals surface area contributed by atoms with Crippen LogP contribution in [0.15, 0.2) is 47.7 Å². The summed E-state index contributed by atoms with van der Waals surface area (Å²) < 4.78 is 0. The third kappa shape index (κ3) is 5.64. The summed E-state index contributed by atoms with van der Waals surface area (Å²) >= 11 is 0. The zero-order valence-corrected chi connectivity index (χ0v) is 14.0. The van der Waals surface area contributed by atoms with Crippen molar-refractivity contribution in [2.24, 2.45) is 4.99 Å². The van der Waals surface area contributed by atoms with E-state index in [0.717, 1.165) is 32.6 Å². The summed E-state index contributed by atoms with van der Waals surface area (Å²) in [6.07, 6.45) is 7.57. The summed E-state index contributed by atoms with van der Waals surface area (Å²) in [7, 11) is 0. The fourth-order valence-electron chi connectivity index (χ4n) is 2.84. The molecule has 0 spiro atoms. The van der Waals surface area contributed by atoms with Gasteiger partial charge in [0.2, 0.25) is 0 Å². The van der Waals surface area contributed by atoms with Crippen LogP contribution in [-0.2, 0) is 6.42 Å². The van der Waals surface area contributed by atoms with Gasteiger partial charge in [0.25, 0.3) is 0 Å². The Kier molecular flexibility index (Phi) is 7.17. The van der Waals surface area contributed by atoms with Crippen molar-refractivity contribution in [3.05, 3.63) is 48.3 Å². The van der Waals surface area contributed by atoms with Crippen molar-refractivity contribution < 1.29 is 0 Å². The highest BCUT2D eigenvalue weighted by Crippen LogP contribution is 2.08. The Morgan fingerprint density at radius 2 is 1.86 bits per heavy atom. The number of aliphatic imine (C=N–C) groups is 1. The molecule has 1 aromatic rings. The average Bonchev–Trinajstić information content (AvgIpc) is 2.56. The van der Waals surface area contributed by atoms with Crippen LogP contribution in [0.4, 0.5) is 0 Å². The molecular weight excluding hydrogens is 270 g/mol. The minimum absolute atomic E-state index is 0.959. The van der Waals surface area contributed by atoms with Crippen molar-refractivity contribution in [3.8, 4) is 0 Å². The van der Waals surface area contributed by atoms with Crippen LogP contribution in [-0.4, -0.2) is 48.2 Å². The van der Waals surface area contributed by atoms with E-state index in [2.05, 4.69) is 65.2 Å². The van der Waals surface area contributed by atoms with E-state index in [1.54, 1.807) is 0 Å². The molecule has 0 fully saturated rings. The number of nitrogens with zero attached hydrogens (tertiary/aromatic N) is 3. The maximum Gasteiger partial charge on any atom is 0.0561 e. The second-order valence-corrected chi connectivity index (χ2v) is 5.86. The quantitative estimate of drug-likeness (QED) is 0.649. The van der Waals surface area contributed by atoms with E-state index >= 15 is 0 Å². The normalized spacial score (nSPS) is 14.5. The number of hydrogen-bond donors (Lipinski definition) is 0. The predicted molar refractivity (Wildman–Crippen MR) is 95.3 cm³/mol. The minimum atomic E-state index is 0.959. The van der Waals surface area contributed by atoms with Gasteiger partial charge < -0.3 is 9.80 Å². The molecule has 0 aliphatic carbocycles. The lowest BCUT2D eigenvalue weighted by Gasteiger charge is -2.24. The molecule has 0 amide bonds. The summed E-state index contributed by atoms with van der Waals surface area (Å²) in [6, 6.07) is 10.6. The monoisotopic (exact) mass is 299 g/mol. The van der Waals surface area contributed by atoms with E-state index < -0.39 is 0 Å². The van der Waals surface area contributed by atoms with Crippen LogP contribution in [0.1, 0.15) is 32.3 Å². The maximum atomic E-state index is 4.54. The lowest BCUT2D eigenvalue weighted by molar-refractivity contribution is 0.288. The Bertz CT molecular complexity index is 475. The highest BCUT2D eigenvalue weighted by molar-refractivity contribution is 5.89. The number of benzene rings is 1. The molecule has 1 aliphatic rings. The first-order valence-corrected chi connectivity index (χ1v) is 8.54. The number of rotatable bonds is 9. The van der Waals surface area contributed by atoms with Gasteiger partial charge in [-0.25, -0.2) is 0 Å². The molecule has 1 aliphatic heterocycles. The van der Waals surface area contributed by atoms with Crippen LogP contribution >= 0.6 is 0 Å². The molecule has 120 valence electrons. The Morgan fingerprint density at radius 1 is 1.09 bits per heavy atom. The first kappa shape index (κ1) is 16.8. The Labute approximate surface area is 135 Å². The van der Waals surface area contributed by atoms with Crippen molar-refractivity contribution in [2.75, 3.05) is 32.7 Å². The van der Waals surface area contributed by atoms with Crippen molar-refractivity contribution >= 4 is 5.71 Å². The standard InChI is InChI=1S/C19H29N3/c1-3-21(4-2)13-8-9-14-22-15-12-20-19(17-22)16-18-10-6-5-7-11-18/h5-7,10-12,15H,3-4,8-9,13-14,16-17H2,1-2H3. The van der Waals surface area contributed by atoms with Gasteiger partial charge in [-0.05, 0) is 38.0 Å². The zero-order valence-electron chi connectivity index (χ0n) is 14.0. The lowest BCUT2D eigenvalue weighted by Crippen LogP contribution is -2.30. The fourth-order valence-corrected chi connectivity index (χ4v) is 2.84. The van der Waals surface area contributed by atoms with Crippen LogP contribution in [0.5, 0.6) is 0 Å². The van der Waals surface area contributed by atoms with Crippen molar-refractivity contribution in [1.82, 2.24) is 9.80 Å². The molecule has 0 bridgehead atoms. The number of hydrogen-bond acceptors (Lipinski definition) is 3. The second-order valence-electron chi connectivity index (χ2n) is 5.86. The van der Waals surface area contributed by atoms with E-state index in [1.807, 2.05) is 6.20 Å². The summed E-state index contributed by atoms with van der Waals surface area (Å²) in [5.74, 6) is 0. The van der Waals surface area contributed by atoms with Crippen LogP contribution in [0.3, 0.4) is 0 Å². The minimum Gasteiger partial charge on any atom is -0.371 e. The van der Waals surface area contributed by atoms with Gasteiger partial charge in [-0.15, -0.1) is 0 Å². The topological polar surface area (TPSA) is 18.8 Å². The fraction of sp³-hybridized carbons (Fsp3) is 0.526. The first-order valence-electron chi connectivity index (χ1n) is 8.54. The van der Waals surface area contributed by atoms with Gasteiger partial charge in [0.1, 0.15) is 0 Å². The van der Waals surface area contributed by atoms with E-state index in [9.17, 15) is 0 Å². The maximum absolute atomic E-state index is 4.54. The summed E-state index contributed by atoms with van der Waals surface area (Å²) in [5, 5.41) is 0. The van der Waals surface area contributed by atoms with Gasteiger partial charge >= 0.3 is 0 Å². The van der Waals surface area contributed by atoms with Crippen LogP contribution in [0.2, 0.25) is 0 Å². The van der Waals surface area contributed by atoms with Crippen molar-refractivity contribution in [2.45, 2.75) is 33.1 Å². The van der Waals surface area contributed by atoms with Gasteiger partial charge in [-0.1, -0.05) is 44.2 Å². The lowest BCUT2D eigenvalue weighted by atomic mass is 10.1. The van der Waals surface area contributed by atoms with E-state index in [0.29, 0.717) is 0 Å². The number of unbranched alkanes of at least 4 members (excludes halogenated alkanes) is 1. The van der Waals surface area contributed by atoms with E-state index in [4.69, 9.17) is 0 Å². The SMILES string of the molecule is CCN(CC)CCCCN1C=CN=C(Cc2ccccc2)C1. The Morgan fingerprint density at radius 3 is 2.59 bits per heavy atom. The van der Waals surface area contributed by atoms with E-state index in [-0.39, 0.29) is 0 Å². The molecule has 3 nitrogen and oxygen atoms in total. The Balaban J connectivity index is 1.70. The molecule has 22 heavy (non-hydrogen) atoms. The summed E-state index contributed by atoms with van der Waals surface area (Å²) in [5.41, 5.74) is 2.61. The van der Waals surface area contributed by atoms with Crippen molar-refractivity contribution in [3.63, 3.8) is 0 Å². The largest absolute Gasteiger partial charge is 0.371 e. The Hall–Kier alpha value is -1.61. The molecule has 0 N–H and O–H groups in total. The van der Waals surface area contributed by atoms with Gasteiger partial charge in [0, 0.05) is 31.1 Å².